The number of halogens is 2. The van der Waals surface area contributed by atoms with Crippen LogP contribution >= 0.6 is 27.5 Å². The molecule has 0 aliphatic heterocycles. The maximum atomic E-state index is 12.2. The third-order valence-electron chi connectivity index (χ3n) is 4.25. The zero-order valence-corrected chi connectivity index (χ0v) is 14.9. The molecule has 0 amide bonds. The average Bonchev–Trinajstić information content (AvgIpc) is 2.46. The summed E-state index contributed by atoms with van der Waals surface area (Å²) in [5, 5.41) is 0.532. The largest absolute Gasteiger partial charge is 0.306 e. The lowest BCUT2D eigenvalue weighted by atomic mass is 9.89. The lowest BCUT2D eigenvalue weighted by Crippen LogP contribution is -2.29. The highest BCUT2D eigenvalue weighted by Crippen LogP contribution is 2.25. The molecule has 2 nitrogen and oxygen atoms in total. The fourth-order valence-electron chi connectivity index (χ4n) is 3.04. The van der Waals surface area contributed by atoms with E-state index in [4.69, 9.17) is 11.6 Å². The monoisotopic (exact) mass is 371 g/mol. The van der Waals surface area contributed by atoms with Gasteiger partial charge in [0.1, 0.15) is 0 Å². The van der Waals surface area contributed by atoms with Gasteiger partial charge < -0.3 is 4.90 Å². The molecule has 1 aliphatic rings. The van der Waals surface area contributed by atoms with Gasteiger partial charge >= 0.3 is 0 Å². The lowest BCUT2D eigenvalue weighted by Gasteiger charge is -2.26. The first kappa shape index (κ1) is 17.0. The van der Waals surface area contributed by atoms with Crippen LogP contribution in [0, 0.1) is 5.92 Å². The summed E-state index contributed by atoms with van der Waals surface area (Å²) in [7, 11) is 2.12. The number of nitrogens with zero attached hydrogens (tertiary/aromatic N) is 1. The fraction of sp³-hybridized carbons (Fsp3) is 0.588. The van der Waals surface area contributed by atoms with Gasteiger partial charge in [0.15, 0.2) is 5.78 Å². The number of hydrogen-bond acceptors (Lipinski definition) is 2. The van der Waals surface area contributed by atoms with Crippen molar-refractivity contribution in [1.29, 1.82) is 0 Å². The fourth-order valence-corrected chi connectivity index (χ4v) is 3.82. The highest BCUT2D eigenvalue weighted by molar-refractivity contribution is 9.10. The average molecular weight is 373 g/mol. The highest BCUT2D eigenvalue weighted by atomic mass is 79.9. The van der Waals surface area contributed by atoms with Gasteiger partial charge in [0.05, 0.1) is 5.02 Å². The van der Waals surface area contributed by atoms with Crippen molar-refractivity contribution in [3.05, 3.63) is 33.3 Å². The standard InChI is InChI=1S/C17H23BrClNO/c1-20(12-13-5-3-2-4-6-13)10-9-17(21)15-8-7-14(18)11-16(15)19/h7-8,11,13H,2-6,9-10,12H2,1H3. The van der Waals surface area contributed by atoms with Crippen molar-refractivity contribution < 1.29 is 4.79 Å². The van der Waals surface area contributed by atoms with Gasteiger partial charge in [0, 0.05) is 29.5 Å². The van der Waals surface area contributed by atoms with Crippen molar-refractivity contribution in [2.75, 3.05) is 20.1 Å². The molecule has 1 aliphatic carbocycles. The van der Waals surface area contributed by atoms with E-state index in [1.54, 1.807) is 12.1 Å². The van der Waals surface area contributed by atoms with Crippen molar-refractivity contribution >= 4 is 33.3 Å². The molecule has 4 heteroatoms. The molecular formula is C17H23BrClNO. The minimum absolute atomic E-state index is 0.128. The SMILES string of the molecule is CN(CCC(=O)c1ccc(Br)cc1Cl)CC1CCCCC1. The Labute approximate surface area is 141 Å². The molecule has 1 fully saturated rings. The van der Waals surface area contributed by atoms with E-state index in [-0.39, 0.29) is 5.78 Å². The van der Waals surface area contributed by atoms with Gasteiger partial charge in [0.2, 0.25) is 0 Å². The van der Waals surface area contributed by atoms with Crippen LogP contribution in [-0.4, -0.2) is 30.8 Å². The van der Waals surface area contributed by atoms with Crippen LogP contribution in [0.5, 0.6) is 0 Å². The molecule has 1 aromatic carbocycles. The molecule has 21 heavy (non-hydrogen) atoms. The van der Waals surface area contributed by atoms with E-state index in [1.807, 2.05) is 6.07 Å². The summed E-state index contributed by atoms with van der Waals surface area (Å²) in [4.78, 5) is 14.5. The van der Waals surface area contributed by atoms with Crippen LogP contribution in [0.2, 0.25) is 5.02 Å². The van der Waals surface area contributed by atoms with Crippen molar-refractivity contribution in [3.63, 3.8) is 0 Å². The van der Waals surface area contributed by atoms with Gasteiger partial charge in [-0.15, -0.1) is 0 Å². The van der Waals surface area contributed by atoms with Gasteiger partial charge in [-0.05, 0) is 44.0 Å². The lowest BCUT2D eigenvalue weighted by molar-refractivity contribution is 0.0964. The van der Waals surface area contributed by atoms with Gasteiger partial charge in [-0.25, -0.2) is 0 Å². The number of hydrogen-bond donors (Lipinski definition) is 0. The molecule has 0 aromatic heterocycles. The zero-order chi connectivity index (χ0) is 15.2. The van der Waals surface area contributed by atoms with E-state index in [2.05, 4.69) is 27.9 Å². The molecule has 116 valence electrons. The van der Waals surface area contributed by atoms with E-state index in [0.717, 1.165) is 23.5 Å². The van der Waals surface area contributed by atoms with Crippen LogP contribution in [0.3, 0.4) is 0 Å². The molecule has 0 atom stereocenters. The van der Waals surface area contributed by atoms with Crippen molar-refractivity contribution in [3.8, 4) is 0 Å². The number of Topliss-reactive ketones (excluding diaryl/α,β-unsaturated/α-hetero) is 1. The molecular weight excluding hydrogens is 350 g/mol. The maximum absolute atomic E-state index is 12.2. The highest BCUT2D eigenvalue weighted by Gasteiger charge is 2.16. The first-order valence-corrected chi connectivity index (χ1v) is 8.90. The smallest absolute Gasteiger partial charge is 0.165 e. The van der Waals surface area contributed by atoms with Gasteiger partial charge in [-0.3, -0.25) is 4.79 Å². The Morgan fingerprint density at radius 3 is 2.71 bits per heavy atom. The zero-order valence-electron chi connectivity index (χ0n) is 12.6. The van der Waals surface area contributed by atoms with Gasteiger partial charge in [-0.1, -0.05) is 46.8 Å². The Balaban J connectivity index is 1.80. The minimum atomic E-state index is 0.128. The summed E-state index contributed by atoms with van der Waals surface area (Å²) in [5.41, 5.74) is 0.630. The van der Waals surface area contributed by atoms with E-state index >= 15 is 0 Å². The van der Waals surface area contributed by atoms with Gasteiger partial charge in [0.25, 0.3) is 0 Å². The van der Waals surface area contributed by atoms with Crippen LogP contribution in [0.15, 0.2) is 22.7 Å². The first-order valence-electron chi connectivity index (χ1n) is 7.73. The number of benzene rings is 1. The van der Waals surface area contributed by atoms with Crippen molar-refractivity contribution in [2.24, 2.45) is 5.92 Å². The predicted molar refractivity (Wildman–Crippen MR) is 92.2 cm³/mol. The van der Waals surface area contributed by atoms with Crippen LogP contribution in [0.4, 0.5) is 0 Å². The molecule has 0 N–H and O–H groups in total. The number of carbonyl (C=O) groups excluding carboxylic acids is 1. The quantitative estimate of drug-likeness (QED) is 0.641. The Morgan fingerprint density at radius 1 is 1.33 bits per heavy atom. The predicted octanol–water partition coefficient (Wildman–Crippen LogP) is 5.19. The van der Waals surface area contributed by atoms with Crippen molar-refractivity contribution in [1.82, 2.24) is 4.90 Å². The molecule has 0 radical (unpaired) electrons. The second-order valence-electron chi connectivity index (χ2n) is 6.06. The third kappa shape index (κ3) is 5.39. The Hall–Kier alpha value is -0.380. The van der Waals surface area contributed by atoms with Crippen molar-refractivity contribution in [2.45, 2.75) is 38.5 Å². The minimum Gasteiger partial charge on any atom is -0.306 e. The van der Waals surface area contributed by atoms with E-state index in [0.29, 0.717) is 17.0 Å². The first-order chi connectivity index (χ1) is 10.1. The van der Waals surface area contributed by atoms with Gasteiger partial charge in [-0.2, -0.15) is 0 Å². The summed E-state index contributed by atoms with van der Waals surface area (Å²) in [6, 6.07) is 5.45. The summed E-state index contributed by atoms with van der Waals surface area (Å²) in [6.45, 7) is 1.92. The Morgan fingerprint density at radius 2 is 2.05 bits per heavy atom. The topological polar surface area (TPSA) is 20.3 Å². The molecule has 0 saturated heterocycles. The van der Waals surface area contributed by atoms with Crippen LogP contribution in [0.25, 0.3) is 0 Å². The number of carbonyl (C=O) groups is 1. The summed E-state index contributed by atoms with van der Waals surface area (Å²) in [6.07, 6.45) is 7.34. The molecule has 0 spiro atoms. The third-order valence-corrected chi connectivity index (χ3v) is 5.05. The molecule has 0 bridgehead atoms. The normalized spacial score (nSPS) is 16.4. The summed E-state index contributed by atoms with van der Waals surface area (Å²) in [5.74, 6) is 0.943. The number of rotatable bonds is 6. The Kier molecular flexibility index (Phi) is 6.72. The molecule has 2 rings (SSSR count). The Bertz CT molecular complexity index is 486. The van der Waals surface area contributed by atoms with E-state index < -0.39 is 0 Å². The molecule has 1 saturated carbocycles. The van der Waals surface area contributed by atoms with Crippen LogP contribution in [-0.2, 0) is 0 Å². The molecule has 0 heterocycles. The summed E-state index contributed by atoms with van der Waals surface area (Å²) < 4.78 is 0.901. The second-order valence-corrected chi connectivity index (χ2v) is 7.39. The maximum Gasteiger partial charge on any atom is 0.165 e. The van der Waals surface area contributed by atoms with E-state index in [9.17, 15) is 4.79 Å². The van der Waals surface area contributed by atoms with Crippen LogP contribution < -0.4 is 0 Å². The van der Waals surface area contributed by atoms with Crippen LogP contribution in [0.1, 0.15) is 48.9 Å². The van der Waals surface area contributed by atoms with E-state index in [1.165, 1.54) is 32.1 Å². The number of ketones is 1. The molecule has 1 aromatic rings. The second kappa shape index (κ2) is 8.30. The molecule has 0 unspecified atom stereocenters. The summed E-state index contributed by atoms with van der Waals surface area (Å²) >= 11 is 9.49.